The molecule has 0 amide bonds. The fraction of sp³-hybridized carbons (Fsp3) is 0.364. The number of esters is 1. The monoisotopic (exact) mass is 299 g/mol. The van der Waals surface area contributed by atoms with Crippen LogP contribution in [0.1, 0.15) is 11.6 Å². The molecule has 1 N–H and O–H groups in total. The van der Waals surface area contributed by atoms with E-state index in [0.717, 1.165) is 25.3 Å². The van der Waals surface area contributed by atoms with Crippen molar-refractivity contribution in [2.24, 2.45) is 0 Å². The van der Waals surface area contributed by atoms with Crippen LogP contribution in [0.3, 0.4) is 0 Å². The Kier molecular flexibility index (Phi) is 5.13. The molecule has 19 heavy (non-hydrogen) atoms. The summed E-state index contributed by atoms with van der Waals surface area (Å²) in [5.41, 5.74) is 0.0131. The Bertz CT molecular complexity index is 464. The van der Waals surface area contributed by atoms with Crippen LogP contribution in [-0.2, 0) is 9.53 Å². The van der Waals surface area contributed by atoms with Gasteiger partial charge in [0.15, 0.2) is 0 Å². The number of carbonyl (C=O) groups excluding carboxylic acids is 1. The molecule has 0 fully saturated rings. The minimum absolute atomic E-state index is 0.0131. The third-order valence-electron chi connectivity index (χ3n) is 2.22. The lowest BCUT2D eigenvalue weighted by Gasteiger charge is -2.19. The Labute approximate surface area is 111 Å². The molecule has 0 heterocycles. The summed E-state index contributed by atoms with van der Waals surface area (Å²) in [6, 6.07) is 1.61. The van der Waals surface area contributed by atoms with E-state index in [1.54, 1.807) is 0 Å². The maximum Gasteiger partial charge on any atom is 0.401 e. The van der Waals surface area contributed by atoms with E-state index in [9.17, 15) is 22.4 Å². The first-order chi connectivity index (χ1) is 8.74. The van der Waals surface area contributed by atoms with Gasteiger partial charge in [0.2, 0.25) is 0 Å². The van der Waals surface area contributed by atoms with Crippen LogP contribution in [0.15, 0.2) is 18.2 Å². The van der Waals surface area contributed by atoms with Crippen molar-refractivity contribution in [3.8, 4) is 0 Å². The molecule has 1 aromatic carbocycles. The Morgan fingerprint density at radius 1 is 1.47 bits per heavy atom. The van der Waals surface area contributed by atoms with Crippen molar-refractivity contribution in [2.75, 3.05) is 13.7 Å². The number of rotatable bonds is 4. The first-order valence-electron chi connectivity index (χ1n) is 5.07. The van der Waals surface area contributed by atoms with Gasteiger partial charge in [-0.15, -0.1) is 0 Å². The molecule has 0 aliphatic carbocycles. The molecular weight excluding hydrogens is 290 g/mol. The molecule has 0 bridgehead atoms. The highest BCUT2D eigenvalue weighted by Crippen LogP contribution is 2.26. The van der Waals surface area contributed by atoms with E-state index in [0.29, 0.717) is 0 Å². The van der Waals surface area contributed by atoms with E-state index in [1.165, 1.54) is 0 Å². The average molecular weight is 300 g/mol. The van der Waals surface area contributed by atoms with Crippen LogP contribution in [0.4, 0.5) is 17.6 Å². The van der Waals surface area contributed by atoms with Crippen molar-refractivity contribution in [2.45, 2.75) is 12.2 Å². The van der Waals surface area contributed by atoms with Crippen molar-refractivity contribution in [1.82, 2.24) is 5.32 Å². The number of benzene rings is 1. The van der Waals surface area contributed by atoms with Crippen LogP contribution in [0.25, 0.3) is 0 Å². The number of methoxy groups -OCH3 is 1. The predicted molar refractivity (Wildman–Crippen MR) is 60.2 cm³/mol. The molecular formula is C11H10ClF4NO2. The molecule has 1 aromatic rings. The predicted octanol–water partition coefficient (Wildman–Crippen LogP) is 2.85. The van der Waals surface area contributed by atoms with E-state index >= 15 is 0 Å². The van der Waals surface area contributed by atoms with Gasteiger partial charge in [0.1, 0.15) is 11.9 Å². The van der Waals surface area contributed by atoms with E-state index in [4.69, 9.17) is 11.6 Å². The van der Waals surface area contributed by atoms with Crippen molar-refractivity contribution in [1.29, 1.82) is 0 Å². The molecule has 0 aliphatic rings. The van der Waals surface area contributed by atoms with Crippen LogP contribution in [0, 0.1) is 5.82 Å². The standard InChI is InChI=1S/C11H10ClF4NO2/c1-19-10(18)9(17-5-11(14,15)16)7-3-2-6(13)4-8(7)12/h2-4,9,17H,5H2,1H3. The second-order valence-electron chi connectivity index (χ2n) is 3.62. The third kappa shape index (κ3) is 4.68. The van der Waals surface area contributed by atoms with Crippen LogP contribution < -0.4 is 5.32 Å². The van der Waals surface area contributed by atoms with Gasteiger partial charge in [-0.1, -0.05) is 17.7 Å². The molecule has 0 aromatic heterocycles. The molecule has 106 valence electrons. The van der Waals surface area contributed by atoms with Crippen LogP contribution in [-0.4, -0.2) is 25.8 Å². The van der Waals surface area contributed by atoms with Crippen LogP contribution in [0.5, 0.6) is 0 Å². The lowest BCUT2D eigenvalue weighted by atomic mass is 10.1. The lowest BCUT2D eigenvalue weighted by molar-refractivity contribution is -0.146. The Balaban J connectivity index is 3.00. The molecule has 1 atom stereocenters. The minimum Gasteiger partial charge on any atom is -0.468 e. The summed E-state index contributed by atoms with van der Waals surface area (Å²) in [4.78, 5) is 11.5. The molecule has 1 unspecified atom stereocenters. The average Bonchev–Trinajstić information content (AvgIpc) is 2.29. The lowest BCUT2D eigenvalue weighted by Crippen LogP contribution is -2.36. The van der Waals surface area contributed by atoms with Gasteiger partial charge < -0.3 is 4.74 Å². The van der Waals surface area contributed by atoms with Gasteiger partial charge in [0.05, 0.1) is 13.7 Å². The summed E-state index contributed by atoms with van der Waals surface area (Å²) in [6.45, 7) is -1.40. The molecule has 1 rings (SSSR count). The summed E-state index contributed by atoms with van der Waals surface area (Å²) in [6.07, 6.45) is -4.50. The van der Waals surface area contributed by atoms with Gasteiger partial charge in [-0.25, -0.2) is 9.18 Å². The molecule has 0 saturated carbocycles. The topological polar surface area (TPSA) is 38.3 Å². The van der Waals surface area contributed by atoms with Gasteiger partial charge >= 0.3 is 12.1 Å². The number of hydrogen-bond donors (Lipinski definition) is 1. The quantitative estimate of drug-likeness (QED) is 0.686. The van der Waals surface area contributed by atoms with Crippen molar-refractivity contribution >= 4 is 17.6 Å². The summed E-state index contributed by atoms with van der Waals surface area (Å²) >= 11 is 5.71. The van der Waals surface area contributed by atoms with Crippen molar-refractivity contribution in [3.63, 3.8) is 0 Å². The molecule has 8 heteroatoms. The Morgan fingerprint density at radius 2 is 2.11 bits per heavy atom. The normalized spacial score (nSPS) is 13.2. The van der Waals surface area contributed by atoms with E-state index in [-0.39, 0.29) is 10.6 Å². The number of ether oxygens (including phenoxy) is 1. The summed E-state index contributed by atoms with van der Waals surface area (Å²) in [5.74, 6) is -1.61. The first kappa shape index (κ1) is 15.7. The largest absolute Gasteiger partial charge is 0.468 e. The second kappa shape index (κ2) is 6.21. The van der Waals surface area contributed by atoms with E-state index < -0.39 is 30.5 Å². The van der Waals surface area contributed by atoms with Crippen LogP contribution >= 0.6 is 11.6 Å². The summed E-state index contributed by atoms with van der Waals surface area (Å²) in [7, 11) is 1.03. The third-order valence-corrected chi connectivity index (χ3v) is 2.54. The fourth-order valence-corrected chi connectivity index (χ4v) is 1.67. The molecule has 0 saturated heterocycles. The van der Waals surface area contributed by atoms with Crippen molar-refractivity contribution < 1.29 is 27.1 Å². The number of nitrogens with one attached hydrogen (secondary N) is 1. The molecule has 3 nitrogen and oxygen atoms in total. The van der Waals surface area contributed by atoms with Crippen molar-refractivity contribution in [3.05, 3.63) is 34.6 Å². The molecule has 0 spiro atoms. The van der Waals surface area contributed by atoms with Gasteiger partial charge in [-0.2, -0.15) is 13.2 Å². The second-order valence-corrected chi connectivity index (χ2v) is 4.03. The zero-order valence-corrected chi connectivity index (χ0v) is 10.5. The molecule has 0 aliphatic heterocycles. The zero-order valence-electron chi connectivity index (χ0n) is 9.72. The van der Waals surface area contributed by atoms with Gasteiger partial charge in [0.25, 0.3) is 0 Å². The fourth-order valence-electron chi connectivity index (χ4n) is 1.39. The van der Waals surface area contributed by atoms with Gasteiger partial charge in [0, 0.05) is 5.02 Å². The highest BCUT2D eigenvalue weighted by molar-refractivity contribution is 6.31. The highest BCUT2D eigenvalue weighted by Gasteiger charge is 2.32. The number of hydrogen-bond acceptors (Lipinski definition) is 3. The SMILES string of the molecule is COC(=O)C(NCC(F)(F)F)c1ccc(F)cc1Cl. The molecule has 0 radical (unpaired) electrons. The summed E-state index contributed by atoms with van der Waals surface area (Å²) < 4.78 is 53.7. The maximum atomic E-state index is 12.9. The smallest absolute Gasteiger partial charge is 0.401 e. The summed E-state index contributed by atoms with van der Waals surface area (Å²) in [5, 5.41) is 1.82. The van der Waals surface area contributed by atoms with Crippen LogP contribution in [0.2, 0.25) is 5.02 Å². The van der Waals surface area contributed by atoms with Gasteiger partial charge in [-0.05, 0) is 17.7 Å². The highest BCUT2D eigenvalue weighted by atomic mass is 35.5. The first-order valence-corrected chi connectivity index (χ1v) is 5.45. The maximum absolute atomic E-state index is 12.9. The van der Waals surface area contributed by atoms with E-state index in [2.05, 4.69) is 4.74 Å². The number of halogens is 5. The minimum atomic E-state index is -4.50. The Hall–Kier alpha value is -1.34. The number of alkyl halides is 3. The Morgan fingerprint density at radius 3 is 2.58 bits per heavy atom. The van der Waals surface area contributed by atoms with Gasteiger partial charge in [-0.3, -0.25) is 5.32 Å². The van der Waals surface area contributed by atoms with E-state index in [1.807, 2.05) is 5.32 Å². The number of carbonyl (C=O) groups is 1. The zero-order chi connectivity index (χ0) is 14.6.